The Labute approximate surface area is 167 Å². The number of hydrogen-bond donors (Lipinski definition) is 0. The molecule has 0 unspecified atom stereocenters. The van der Waals surface area contributed by atoms with E-state index in [-0.39, 0.29) is 74.4 Å². The van der Waals surface area contributed by atoms with Crippen molar-refractivity contribution in [1.29, 1.82) is 0 Å². The van der Waals surface area contributed by atoms with E-state index in [1.54, 1.807) is 19.2 Å². The molecule has 1 aliphatic rings. The van der Waals surface area contributed by atoms with Crippen molar-refractivity contribution in [3.63, 3.8) is 0 Å². The second kappa shape index (κ2) is 118. The Hall–Kier alpha value is 0.562. The SMILES string of the molecule is [C]=O.[C]=O.[C]=O.[C]=O.[Cl-].[Cl-].[Cl-].[Cl-].[Cl-].[Cl-].[Re+6][C]1=CC=CC1. The predicted octanol–water partition coefficient (Wildman–Crippen LogP) is -18.2. The summed E-state index contributed by atoms with van der Waals surface area (Å²) >= 11 is 1.78. The normalized spacial score (nSPS) is 6.40. The van der Waals surface area contributed by atoms with Gasteiger partial charge in [0, 0.05) is 0 Å². The first kappa shape index (κ1) is 70.5. The van der Waals surface area contributed by atoms with Crippen LogP contribution >= 0.6 is 0 Å². The van der Waals surface area contributed by atoms with Gasteiger partial charge < -0.3 is 74.4 Å². The maximum atomic E-state index is 7.50. The number of carbonyl (C=O) groups excluding carboxylic acids is 4. The molecule has 114 valence electrons. The molecule has 0 spiro atoms. The van der Waals surface area contributed by atoms with Gasteiger partial charge in [0.2, 0.25) is 0 Å². The van der Waals surface area contributed by atoms with Gasteiger partial charge in [0.1, 0.15) is 0 Å². The minimum atomic E-state index is 0. The molecule has 0 heterocycles. The first-order chi connectivity index (χ1) is 6.89. The van der Waals surface area contributed by atoms with E-state index < -0.39 is 0 Å². The molecular formula is C9H5Cl6O4Re. The predicted molar refractivity (Wildman–Crippen MR) is 44.6 cm³/mol. The van der Waals surface area contributed by atoms with Crippen molar-refractivity contribution in [2.45, 2.75) is 6.42 Å². The van der Waals surface area contributed by atoms with Crippen molar-refractivity contribution < 1.29 is 113 Å². The molecule has 1 aliphatic carbocycles. The Morgan fingerprint density at radius 2 is 0.950 bits per heavy atom. The van der Waals surface area contributed by atoms with Crippen LogP contribution in [0.5, 0.6) is 0 Å². The van der Waals surface area contributed by atoms with Crippen LogP contribution in [-0.2, 0) is 38.4 Å². The molecule has 0 fully saturated rings. The standard InChI is InChI=1S/C5H5.4CO.6ClH.Re/c1-2-4-5-3-1;4*1-2;;;;;;;/h1-3H,4H2;;;;;6*1H;/q;;;;;;;;;;;+6/p-6. The van der Waals surface area contributed by atoms with E-state index in [1.807, 2.05) is 0 Å². The first-order valence-electron chi connectivity index (χ1n) is 2.72. The van der Waals surface area contributed by atoms with Gasteiger partial charge in [0.15, 0.2) is 0 Å². The summed E-state index contributed by atoms with van der Waals surface area (Å²) < 4.78 is 1.52. The van der Waals surface area contributed by atoms with E-state index in [9.17, 15) is 0 Å². The van der Waals surface area contributed by atoms with E-state index in [4.69, 9.17) is 19.2 Å². The zero-order chi connectivity index (χ0) is 12.4. The number of hydrogen-bond acceptors (Lipinski definition) is 4. The number of rotatable bonds is 0. The molecule has 1 rings (SSSR count). The maximum absolute atomic E-state index is 7.50. The first-order valence-corrected chi connectivity index (χ1v) is 4.08. The average Bonchev–Trinajstić information content (AvgIpc) is 2.80. The second-order valence-corrected chi connectivity index (χ2v) is 2.99. The molecule has 0 bridgehead atoms. The van der Waals surface area contributed by atoms with E-state index in [0.717, 1.165) is 0 Å². The van der Waals surface area contributed by atoms with Gasteiger partial charge in [-0.2, -0.15) is 0 Å². The van der Waals surface area contributed by atoms with Crippen LogP contribution in [0.2, 0.25) is 0 Å². The Bertz CT molecular complexity index is 167. The van der Waals surface area contributed by atoms with Crippen LogP contribution in [0.1, 0.15) is 6.42 Å². The van der Waals surface area contributed by atoms with E-state index in [1.165, 1.54) is 10.5 Å². The van der Waals surface area contributed by atoms with Crippen LogP contribution in [-0.4, -0.2) is 27.2 Å². The van der Waals surface area contributed by atoms with Gasteiger partial charge in [-0.1, -0.05) is 0 Å². The van der Waals surface area contributed by atoms with Crippen LogP contribution < -0.4 is 74.4 Å². The Morgan fingerprint density at radius 3 is 1.00 bits per heavy atom. The molecule has 0 N–H and O–H groups in total. The van der Waals surface area contributed by atoms with Crippen molar-refractivity contribution >= 4 is 27.2 Å². The molecule has 11 heteroatoms. The van der Waals surface area contributed by atoms with Crippen LogP contribution in [0.4, 0.5) is 0 Å². The summed E-state index contributed by atoms with van der Waals surface area (Å²) in [5, 5.41) is 0. The Kier molecular flexibility index (Phi) is 416. The summed E-state index contributed by atoms with van der Waals surface area (Å²) in [6, 6.07) is 0. The average molecular weight is 576 g/mol. The number of halogens is 6. The van der Waals surface area contributed by atoms with Crippen molar-refractivity contribution in [1.82, 2.24) is 0 Å². The fraction of sp³-hybridized carbons (Fsp3) is 0.111. The van der Waals surface area contributed by atoms with Crippen LogP contribution in [0.15, 0.2) is 22.3 Å². The monoisotopic (exact) mass is 574 g/mol. The summed E-state index contributed by atoms with van der Waals surface area (Å²) in [5.74, 6) is 0. The van der Waals surface area contributed by atoms with Crippen LogP contribution in [0, 0.1) is 0 Å². The van der Waals surface area contributed by atoms with Gasteiger partial charge in [-0.25, -0.2) is 0 Å². The molecule has 0 atom stereocenters. The number of allylic oxidation sites excluding steroid dienone is 4. The third kappa shape index (κ3) is 100. The molecule has 0 amide bonds. The quantitative estimate of drug-likeness (QED) is 0.288. The fourth-order valence-corrected chi connectivity index (χ4v) is 1.00. The molecule has 20 heavy (non-hydrogen) atoms. The molecule has 0 saturated carbocycles. The Morgan fingerprint density at radius 1 is 0.700 bits per heavy atom. The molecule has 8 radical (unpaired) electrons. The zero-order valence-electron chi connectivity index (χ0n) is 9.22. The molecule has 0 aliphatic heterocycles. The van der Waals surface area contributed by atoms with Gasteiger partial charge >= 0.3 is 47.9 Å². The topological polar surface area (TPSA) is 68.3 Å². The third-order valence-electron chi connectivity index (χ3n) is 0.726. The van der Waals surface area contributed by atoms with Crippen LogP contribution in [0.25, 0.3) is 0 Å². The third-order valence-corrected chi connectivity index (χ3v) is 1.73. The van der Waals surface area contributed by atoms with Gasteiger partial charge in [-0.05, 0) is 0 Å². The summed E-state index contributed by atoms with van der Waals surface area (Å²) in [4.78, 5) is 30.0. The summed E-state index contributed by atoms with van der Waals surface area (Å²) in [6.45, 7) is 18.0. The van der Waals surface area contributed by atoms with Crippen LogP contribution in [0.3, 0.4) is 0 Å². The van der Waals surface area contributed by atoms with Gasteiger partial charge in [-0.15, -0.1) is 0 Å². The fourth-order valence-electron chi connectivity index (χ4n) is 0.421. The summed E-state index contributed by atoms with van der Waals surface area (Å²) in [7, 11) is 0. The van der Waals surface area contributed by atoms with Crippen molar-refractivity contribution in [3.8, 4) is 0 Å². The van der Waals surface area contributed by atoms with Crippen molar-refractivity contribution in [2.75, 3.05) is 0 Å². The molecule has 0 saturated heterocycles. The van der Waals surface area contributed by atoms with Gasteiger partial charge in [0.25, 0.3) is 27.2 Å². The molecule has 0 aromatic carbocycles. The van der Waals surface area contributed by atoms with E-state index >= 15 is 0 Å². The van der Waals surface area contributed by atoms with E-state index in [0.29, 0.717) is 0 Å². The summed E-state index contributed by atoms with van der Waals surface area (Å²) in [6.07, 6.45) is 7.64. The zero-order valence-corrected chi connectivity index (χ0v) is 16.5. The minimum absolute atomic E-state index is 0. The molecular weight excluding hydrogens is 571 g/mol. The van der Waals surface area contributed by atoms with Crippen molar-refractivity contribution in [3.05, 3.63) is 22.3 Å². The molecule has 0 aromatic rings. The molecule has 4 nitrogen and oxygen atoms in total. The van der Waals surface area contributed by atoms with Gasteiger partial charge in [0.05, 0.1) is 0 Å². The van der Waals surface area contributed by atoms with Gasteiger partial charge in [-0.3, -0.25) is 19.2 Å². The Balaban J connectivity index is -0.00000000813. The van der Waals surface area contributed by atoms with Crippen molar-refractivity contribution in [2.24, 2.45) is 0 Å². The van der Waals surface area contributed by atoms with E-state index in [2.05, 4.69) is 45.4 Å². The second-order valence-electron chi connectivity index (χ2n) is 1.25. The summed E-state index contributed by atoms with van der Waals surface area (Å²) in [5.41, 5.74) is 0. The molecule has 0 aromatic heterocycles.